The van der Waals surface area contributed by atoms with Crippen LogP contribution in [0.3, 0.4) is 0 Å². The Labute approximate surface area is 91.7 Å². The molecule has 4 heteroatoms. The SMILES string of the molecule is CCN(CC)CC#CCC(C)NC(=O)O. The third kappa shape index (κ3) is 7.83. The third-order valence-electron chi connectivity index (χ3n) is 2.10. The highest BCUT2D eigenvalue weighted by Gasteiger charge is 2.01. The molecule has 0 bridgehead atoms. The summed E-state index contributed by atoms with van der Waals surface area (Å²) in [5, 5.41) is 10.8. The fourth-order valence-corrected chi connectivity index (χ4v) is 1.10. The Bertz CT molecular complexity index is 239. The number of hydrogen-bond donors (Lipinski definition) is 2. The van der Waals surface area contributed by atoms with Crippen molar-refractivity contribution >= 4 is 6.09 Å². The van der Waals surface area contributed by atoms with Gasteiger partial charge in [-0.25, -0.2) is 4.79 Å². The maximum absolute atomic E-state index is 10.3. The monoisotopic (exact) mass is 212 g/mol. The van der Waals surface area contributed by atoms with Gasteiger partial charge in [-0.15, -0.1) is 0 Å². The molecule has 0 aromatic rings. The lowest BCUT2D eigenvalue weighted by Gasteiger charge is -2.13. The molecule has 0 saturated heterocycles. The Kier molecular flexibility index (Phi) is 7.47. The van der Waals surface area contributed by atoms with E-state index in [0.717, 1.165) is 19.6 Å². The molecule has 4 nitrogen and oxygen atoms in total. The van der Waals surface area contributed by atoms with Crippen molar-refractivity contribution < 1.29 is 9.90 Å². The maximum atomic E-state index is 10.3. The summed E-state index contributed by atoms with van der Waals surface area (Å²) in [6.45, 7) is 8.74. The van der Waals surface area contributed by atoms with E-state index in [2.05, 4.69) is 35.9 Å². The zero-order chi connectivity index (χ0) is 11.7. The summed E-state index contributed by atoms with van der Waals surface area (Å²) >= 11 is 0. The topological polar surface area (TPSA) is 52.6 Å². The molecule has 0 aliphatic rings. The van der Waals surface area contributed by atoms with Crippen LogP contribution in [0.1, 0.15) is 27.2 Å². The van der Waals surface area contributed by atoms with Gasteiger partial charge in [-0.1, -0.05) is 25.7 Å². The minimum Gasteiger partial charge on any atom is -0.465 e. The number of nitrogens with one attached hydrogen (secondary N) is 1. The summed E-state index contributed by atoms with van der Waals surface area (Å²) in [4.78, 5) is 12.5. The van der Waals surface area contributed by atoms with Gasteiger partial charge in [-0.05, 0) is 20.0 Å². The smallest absolute Gasteiger partial charge is 0.404 e. The molecule has 2 N–H and O–H groups in total. The quantitative estimate of drug-likeness (QED) is 0.677. The fourth-order valence-electron chi connectivity index (χ4n) is 1.10. The van der Waals surface area contributed by atoms with Crippen LogP contribution in [0.5, 0.6) is 0 Å². The molecule has 0 spiro atoms. The summed E-state index contributed by atoms with van der Waals surface area (Å²) in [5.74, 6) is 6.01. The largest absolute Gasteiger partial charge is 0.465 e. The average Bonchev–Trinajstić information content (AvgIpc) is 2.17. The van der Waals surface area contributed by atoms with E-state index in [1.54, 1.807) is 6.92 Å². The van der Waals surface area contributed by atoms with Gasteiger partial charge in [0.05, 0.1) is 6.54 Å². The second-order valence-corrected chi connectivity index (χ2v) is 3.37. The predicted octanol–water partition coefficient (Wildman–Crippen LogP) is 1.38. The molecule has 15 heavy (non-hydrogen) atoms. The molecule has 1 atom stereocenters. The normalized spacial score (nSPS) is 11.7. The molecule has 0 aliphatic heterocycles. The van der Waals surface area contributed by atoms with Gasteiger partial charge in [0.25, 0.3) is 0 Å². The first-order valence-corrected chi connectivity index (χ1v) is 5.27. The van der Waals surface area contributed by atoms with Crippen LogP contribution < -0.4 is 5.32 Å². The van der Waals surface area contributed by atoms with E-state index in [4.69, 9.17) is 5.11 Å². The first kappa shape index (κ1) is 13.8. The summed E-state index contributed by atoms with van der Waals surface area (Å²) in [6.07, 6.45) is -0.429. The van der Waals surface area contributed by atoms with Crippen molar-refractivity contribution in [2.45, 2.75) is 33.2 Å². The molecule has 0 rings (SSSR count). The number of nitrogens with zero attached hydrogens (tertiary/aromatic N) is 1. The molecular weight excluding hydrogens is 192 g/mol. The Morgan fingerprint density at radius 3 is 2.47 bits per heavy atom. The Morgan fingerprint density at radius 2 is 2.00 bits per heavy atom. The Morgan fingerprint density at radius 1 is 1.40 bits per heavy atom. The molecule has 0 fully saturated rings. The van der Waals surface area contributed by atoms with Crippen LogP contribution in [-0.4, -0.2) is 41.8 Å². The van der Waals surface area contributed by atoms with Gasteiger partial charge in [0.15, 0.2) is 0 Å². The lowest BCUT2D eigenvalue weighted by atomic mass is 10.2. The van der Waals surface area contributed by atoms with E-state index in [-0.39, 0.29) is 6.04 Å². The molecule has 86 valence electrons. The van der Waals surface area contributed by atoms with E-state index in [1.165, 1.54) is 0 Å². The Hall–Kier alpha value is -1.21. The number of amides is 1. The van der Waals surface area contributed by atoms with Crippen molar-refractivity contribution in [3.8, 4) is 11.8 Å². The number of rotatable bonds is 5. The van der Waals surface area contributed by atoms with Crippen molar-refractivity contribution in [2.75, 3.05) is 19.6 Å². The van der Waals surface area contributed by atoms with Crippen molar-refractivity contribution in [1.82, 2.24) is 10.2 Å². The van der Waals surface area contributed by atoms with Crippen LogP contribution in [0.15, 0.2) is 0 Å². The van der Waals surface area contributed by atoms with E-state index < -0.39 is 6.09 Å². The number of hydrogen-bond acceptors (Lipinski definition) is 2. The van der Waals surface area contributed by atoms with Crippen LogP contribution in [0.25, 0.3) is 0 Å². The fraction of sp³-hybridized carbons (Fsp3) is 0.727. The number of carboxylic acid groups (broad SMARTS) is 1. The number of carbonyl (C=O) groups is 1. The van der Waals surface area contributed by atoms with Crippen molar-refractivity contribution in [2.24, 2.45) is 0 Å². The summed E-state index contributed by atoms with van der Waals surface area (Å²) in [6, 6.07) is -0.105. The lowest BCUT2D eigenvalue weighted by molar-refractivity contribution is 0.191. The van der Waals surface area contributed by atoms with E-state index in [1.807, 2.05) is 0 Å². The standard InChI is InChI=1S/C11H20N2O2/c1-4-13(5-2)9-7-6-8-10(3)12-11(14)15/h10,12H,4-5,8-9H2,1-3H3,(H,14,15). The molecule has 0 aromatic heterocycles. The third-order valence-corrected chi connectivity index (χ3v) is 2.10. The first-order valence-electron chi connectivity index (χ1n) is 5.27. The maximum Gasteiger partial charge on any atom is 0.404 e. The molecule has 0 aliphatic carbocycles. The van der Waals surface area contributed by atoms with Gasteiger partial charge < -0.3 is 10.4 Å². The minimum atomic E-state index is -0.993. The van der Waals surface area contributed by atoms with E-state index in [9.17, 15) is 4.79 Å². The van der Waals surface area contributed by atoms with E-state index in [0.29, 0.717) is 6.42 Å². The second kappa shape index (κ2) is 8.13. The average molecular weight is 212 g/mol. The van der Waals surface area contributed by atoms with E-state index >= 15 is 0 Å². The van der Waals surface area contributed by atoms with Crippen LogP contribution in [-0.2, 0) is 0 Å². The highest BCUT2D eigenvalue weighted by Crippen LogP contribution is 1.89. The van der Waals surface area contributed by atoms with Crippen molar-refractivity contribution in [3.05, 3.63) is 0 Å². The van der Waals surface area contributed by atoms with Gasteiger partial charge in [-0.2, -0.15) is 0 Å². The molecule has 0 saturated carbocycles. The minimum absolute atomic E-state index is 0.105. The van der Waals surface area contributed by atoms with Crippen molar-refractivity contribution in [1.29, 1.82) is 0 Å². The van der Waals surface area contributed by atoms with Gasteiger partial charge in [-0.3, -0.25) is 4.90 Å². The Balaban J connectivity index is 3.74. The zero-order valence-corrected chi connectivity index (χ0v) is 9.71. The van der Waals surface area contributed by atoms with Crippen LogP contribution in [0.4, 0.5) is 4.79 Å². The summed E-state index contributed by atoms with van der Waals surface area (Å²) in [5.41, 5.74) is 0. The lowest BCUT2D eigenvalue weighted by Crippen LogP contribution is -2.30. The van der Waals surface area contributed by atoms with Gasteiger partial charge in [0.1, 0.15) is 0 Å². The molecule has 0 heterocycles. The molecule has 1 amide bonds. The predicted molar refractivity (Wildman–Crippen MR) is 60.8 cm³/mol. The zero-order valence-electron chi connectivity index (χ0n) is 9.71. The molecular formula is C11H20N2O2. The molecule has 0 radical (unpaired) electrons. The highest BCUT2D eigenvalue weighted by molar-refractivity contribution is 5.64. The molecule has 0 aromatic carbocycles. The van der Waals surface area contributed by atoms with Gasteiger partial charge >= 0.3 is 6.09 Å². The van der Waals surface area contributed by atoms with Crippen LogP contribution >= 0.6 is 0 Å². The molecule has 1 unspecified atom stereocenters. The first-order chi connectivity index (χ1) is 7.10. The van der Waals surface area contributed by atoms with Crippen LogP contribution in [0, 0.1) is 11.8 Å². The van der Waals surface area contributed by atoms with Gasteiger partial charge in [0.2, 0.25) is 0 Å². The summed E-state index contributed by atoms with van der Waals surface area (Å²) < 4.78 is 0. The van der Waals surface area contributed by atoms with Crippen molar-refractivity contribution in [3.63, 3.8) is 0 Å². The highest BCUT2D eigenvalue weighted by atomic mass is 16.4. The van der Waals surface area contributed by atoms with Crippen LogP contribution in [0.2, 0.25) is 0 Å². The summed E-state index contributed by atoms with van der Waals surface area (Å²) in [7, 11) is 0. The van der Waals surface area contributed by atoms with Gasteiger partial charge in [0, 0.05) is 12.5 Å². The second-order valence-electron chi connectivity index (χ2n) is 3.37.